The third-order valence-electron chi connectivity index (χ3n) is 2.85. The summed E-state index contributed by atoms with van der Waals surface area (Å²) in [5.74, 6) is -0.926. The lowest BCUT2D eigenvalue weighted by molar-refractivity contribution is -0.140. The van der Waals surface area contributed by atoms with E-state index in [9.17, 15) is 9.59 Å². The SMILES string of the molecule is CCC(C(=O)O)n1ccc2cc(C)[nH]c(=O)c21. The first-order valence-electron chi connectivity index (χ1n) is 5.48. The first kappa shape index (κ1) is 11.4. The largest absolute Gasteiger partial charge is 0.480 e. The molecule has 0 aliphatic heterocycles. The molecular weight excluding hydrogens is 220 g/mol. The van der Waals surface area contributed by atoms with Gasteiger partial charge in [-0.05, 0) is 25.5 Å². The number of H-pyrrole nitrogens is 1. The standard InChI is InChI=1S/C12H14N2O3/c1-3-9(12(16)17)14-5-4-8-6-7(2)13-11(15)10(8)14/h4-6,9H,3H2,1-2H3,(H,13,15)(H,16,17). The van der Waals surface area contributed by atoms with Crippen LogP contribution in [0, 0.1) is 6.92 Å². The fourth-order valence-electron chi connectivity index (χ4n) is 2.09. The van der Waals surface area contributed by atoms with E-state index < -0.39 is 12.0 Å². The third kappa shape index (κ3) is 1.84. The Kier molecular flexibility index (Phi) is 2.75. The molecule has 1 unspecified atom stereocenters. The lowest BCUT2D eigenvalue weighted by Crippen LogP contribution is -2.21. The van der Waals surface area contributed by atoms with Gasteiger partial charge in [-0.15, -0.1) is 0 Å². The van der Waals surface area contributed by atoms with E-state index in [1.54, 1.807) is 26.1 Å². The second-order valence-corrected chi connectivity index (χ2v) is 4.07. The molecule has 2 rings (SSSR count). The van der Waals surface area contributed by atoms with Crippen LogP contribution in [-0.2, 0) is 4.79 Å². The van der Waals surface area contributed by atoms with Crippen molar-refractivity contribution in [2.75, 3.05) is 0 Å². The summed E-state index contributed by atoms with van der Waals surface area (Å²) in [6.45, 7) is 3.58. The van der Waals surface area contributed by atoms with Gasteiger partial charge < -0.3 is 14.7 Å². The number of aryl methyl sites for hydroxylation is 1. The number of aromatic nitrogens is 2. The zero-order valence-corrected chi connectivity index (χ0v) is 9.73. The fourth-order valence-corrected chi connectivity index (χ4v) is 2.09. The Bertz CT molecular complexity index is 624. The number of rotatable bonds is 3. The zero-order chi connectivity index (χ0) is 12.6. The van der Waals surface area contributed by atoms with Crippen molar-refractivity contribution in [3.8, 4) is 0 Å². The molecule has 0 fully saturated rings. The monoisotopic (exact) mass is 234 g/mol. The Balaban J connectivity index is 2.72. The van der Waals surface area contributed by atoms with Gasteiger partial charge in [0.15, 0.2) is 0 Å². The molecule has 0 bridgehead atoms. The van der Waals surface area contributed by atoms with Crippen LogP contribution in [-0.4, -0.2) is 20.6 Å². The third-order valence-corrected chi connectivity index (χ3v) is 2.85. The highest BCUT2D eigenvalue weighted by atomic mass is 16.4. The van der Waals surface area contributed by atoms with Crippen LogP contribution < -0.4 is 5.56 Å². The van der Waals surface area contributed by atoms with Crippen LogP contribution in [0.2, 0.25) is 0 Å². The second kappa shape index (κ2) is 4.08. The highest BCUT2D eigenvalue weighted by Crippen LogP contribution is 2.19. The summed E-state index contributed by atoms with van der Waals surface area (Å²) in [7, 11) is 0. The molecule has 0 aliphatic rings. The van der Waals surface area contributed by atoms with E-state index >= 15 is 0 Å². The van der Waals surface area contributed by atoms with Crippen LogP contribution >= 0.6 is 0 Å². The summed E-state index contributed by atoms with van der Waals surface area (Å²) in [5, 5.41) is 9.89. The number of hydrogen-bond acceptors (Lipinski definition) is 2. The molecule has 1 atom stereocenters. The molecule has 17 heavy (non-hydrogen) atoms. The Morgan fingerprint density at radius 2 is 2.29 bits per heavy atom. The molecule has 0 aliphatic carbocycles. The molecule has 2 aromatic heterocycles. The first-order chi connectivity index (χ1) is 8.04. The van der Waals surface area contributed by atoms with Crippen LogP contribution in [0.3, 0.4) is 0 Å². The maximum Gasteiger partial charge on any atom is 0.326 e. The van der Waals surface area contributed by atoms with Gasteiger partial charge in [0.05, 0.1) is 0 Å². The number of aliphatic carboxylic acids is 1. The molecule has 0 saturated carbocycles. The van der Waals surface area contributed by atoms with Crippen LogP contribution in [0.25, 0.3) is 10.9 Å². The normalized spacial score (nSPS) is 12.8. The average Bonchev–Trinajstić information content (AvgIpc) is 2.62. The van der Waals surface area contributed by atoms with Crippen LogP contribution in [0.4, 0.5) is 0 Å². The molecule has 5 heteroatoms. The highest BCUT2D eigenvalue weighted by Gasteiger charge is 2.20. The molecular formula is C12H14N2O3. The van der Waals surface area contributed by atoms with Crippen molar-refractivity contribution < 1.29 is 9.90 Å². The summed E-state index contributed by atoms with van der Waals surface area (Å²) < 4.78 is 1.52. The van der Waals surface area contributed by atoms with Gasteiger partial charge in [-0.25, -0.2) is 4.79 Å². The van der Waals surface area contributed by atoms with Crippen molar-refractivity contribution in [2.45, 2.75) is 26.3 Å². The molecule has 0 radical (unpaired) electrons. The predicted octanol–water partition coefficient (Wildman–Crippen LogP) is 1.67. The summed E-state index contributed by atoms with van der Waals surface area (Å²) in [4.78, 5) is 25.7. The van der Waals surface area contributed by atoms with Gasteiger partial charge in [-0.3, -0.25) is 4.79 Å². The number of carboxylic acids is 1. The average molecular weight is 234 g/mol. The van der Waals surface area contributed by atoms with Gasteiger partial charge in [-0.1, -0.05) is 6.92 Å². The predicted molar refractivity (Wildman–Crippen MR) is 64.3 cm³/mol. The zero-order valence-electron chi connectivity index (χ0n) is 9.73. The van der Waals surface area contributed by atoms with E-state index in [2.05, 4.69) is 4.98 Å². The molecule has 0 spiro atoms. The number of fused-ring (bicyclic) bond motifs is 1. The number of nitrogens with zero attached hydrogens (tertiary/aromatic N) is 1. The van der Waals surface area contributed by atoms with Gasteiger partial charge >= 0.3 is 5.97 Å². The van der Waals surface area contributed by atoms with E-state index in [4.69, 9.17) is 5.11 Å². The molecule has 0 saturated heterocycles. The van der Waals surface area contributed by atoms with Crippen molar-refractivity contribution in [2.24, 2.45) is 0 Å². The summed E-state index contributed by atoms with van der Waals surface area (Å²) >= 11 is 0. The smallest absolute Gasteiger partial charge is 0.326 e. The van der Waals surface area contributed by atoms with E-state index in [1.807, 2.05) is 6.07 Å². The minimum absolute atomic E-state index is 0.246. The number of nitrogens with one attached hydrogen (secondary N) is 1. The van der Waals surface area contributed by atoms with Gasteiger partial charge in [-0.2, -0.15) is 0 Å². The summed E-state index contributed by atoms with van der Waals surface area (Å²) in [6.07, 6.45) is 2.09. The van der Waals surface area contributed by atoms with E-state index in [0.717, 1.165) is 11.1 Å². The maximum atomic E-state index is 11.9. The second-order valence-electron chi connectivity index (χ2n) is 4.07. The highest BCUT2D eigenvalue weighted by molar-refractivity contribution is 5.82. The van der Waals surface area contributed by atoms with Crippen LogP contribution in [0.1, 0.15) is 25.1 Å². The summed E-state index contributed by atoms with van der Waals surface area (Å²) in [6, 6.07) is 2.90. The van der Waals surface area contributed by atoms with Gasteiger partial charge in [0.2, 0.25) is 0 Å². The Morgan fingerprint density at radius 3 is 2.88 bits per heavy atom. The molecule has 5 nitrogen and oxygen atoms in total. The lowest BCUT2D eigenvalue weighted by atomic mass is 10.2. The lowest BCUT2D eigenvalue weighted by Gasteiger charge is -2.12. The Labute approximate surface area is 97.7 Å². The maximum absolute atomic E-state index is 11.9. The quantitative estimate of drug-likeness (QED) is 0.848. The van der Waals surface area contributed by atoms with E-state index in [0.29, 0.717) is 11.9 Å². The van der Waals surface area contributed by atoms with E-state index in [1.165, 1.54) is 4.57 Å². The molecule has 0 aromatic carbocycles. The molecule has 2 heterocycles. The van der Waals surface area contributed by atoms with Crippen molar-refractivity contribution in [1.29, 1.82) is 0 Å². The van der Waals surface area contributed by atoms with Crippen molar-refractivity contribution >= 4 is 16.9 Å². The molecule has 90 valence electrons. The van der Waals surface area contributed by atoms with Gasteiger partial charge in [0.1, 0.15) is 11.6 Å². The van der Waals surface area contributed by atoms with Crippen molar-refractivity contribution in [3.63, 3.8) is 0 Å². The fraction of sp³-hybridized carbons (Fsp3) is 0.333. The number of aromatic amines is 1. The van der Waals surface area contributed by atoms with Gasteiger partial charge in [0.25, 0.3) is 5.56 Å². The molecule has 2 aromatic rings. The first-order valence-corrected chi connectivity index (χ1v) is 5.48. The minimum atomic E-state index is -0.926. The summed E-state index contributed by atoms with van der Waals surface area (Å²) in [5.41, 5.74) is 0.943. The molecule has 2 N–H and O–H groups in total. The number of carboxylic acid groups (broad SMARTS) is 1. The van der Waals surface area contributed by atoms with Crippen LogP contribution in [0.5, 0.6) is 0 Å². The number of carbonyl (C=O) groups is 1. The number of pyridine rings is 1. The van der Waals surface area contributed by atoms with Crippen LogP contribution in [0.15, 0.2) is 23.1 Å². The van der Waals surface area contributed by atoms with Crippen molar-refractivity contribution in [1.82, 2.24) is 9.55 Å². The minimum Gasteiger partial charge on any atom is -0.480 e. The molecule has 0 amide bonds. The topological polar surface area (TPSA) is 75.1 Å². The van der Waals surface area contributed by atoms with Crippen molar-refractivity contribution in [3.05, 3.63) is 34.4 Å². The number of hydrogen-bond donors (Lipinski definition) is 2. The van der Waals surface area contributed by atoms with E-state index in [-0.39, 0.29) is 5.56 Å². The van der Waals surface area contributed by atoms with Gasteiger partial charge in [0, 0.05) is 17.3 Å². The Morgan fingerprint density at radius 1 is 1.59 bits per heavy atom. The Hall–Kier alpha value is -2.04.